The summed E-state index contributed by atoms with van der Waals surface area (Å²) in [5.41, 5.74) is 0. The van der Waals surface area contributed by atoms with Gasteiger partial charge in [0.1, 0.15) is 0 Å². The molecular weight excluding hydrogens is 260 g/mol. The van der Waals surface area contributed by atoms with Gasteiger partial charge in [0.2, 0.25) is 11.8 Å². The zero-order chi connectivity index (χ0) is 14.7. The standard InChI is InChI=1S/C14H22N2O4/c1-2-8-5-10(11(6-8)14(19)20)13(18)15-7-9-3-4-12(17)16-9/h8-11H,2-7H2,1H3,(H,15,18)(H,16,17)(H,19,20)/t8?,9?,10-,11+/m0/s1. The Labute approximate surface area is 118 Å². The third kappa shape index (κ3) is 3.29. The predicted octanol–water partition coefficient (Wildman–Crippen LogP) is 0.518. The molecule has 6 nitrogen and oxygen atoms in total. The van der Waals surface area contributed by atoms with Gasteiger partial charge in [-0.3, -0.25) is 14.4 Å². The Morgan fingerprint density at radius 2 is 2.05 bits per heavy atom. The number of carbonyl (C=O) groups excluding carboxylic acids is 2. The summed E-state index contributed by atoms with van der Waals surface area (Å²) < 4.78 is 0. The highest BCUT2D eigenvalue weighted by atomic mass is 16.4. The zero-order valence-electron chi connectivity index (χ0n) is 11.7. The molecule has 20 heavy (non-hydrogen) atoms. The van der Waals surface area contributed by atoms with Crippen LogP contribution in [0.15, 0.2) is 0 Å². The van der Waals surface area contributed by atoms with Crippen molar-refractivity contribution in [3.05, 3.63) is 0 Å². The van der Waals surface area contributed by atoms with Crippen LogP contribution in [0.4, 0.5) is 0 Å². The van der Waals surface area contributed by atoms with Crippen LogP contribution >= 0.6 is 0 Å². The van der Waals surface area contributed by atoms with Crippen molar-refractivity contribution in [3.8, 4) is 0 Å². The molecule has 0 spiro atoms. The van der Waals surface area contributed by atoms with E-state index in [0.717, 1.165) is 12.8 Å². The first kappa shape index (κ1) is 14.8. The fourth-order valence-corrected chi connectivity index (χ4v) is 3.22. The van der Waals surface area contributed by atoms with Crippen molar-refractivity contribution in [2.75, 3.05) is 6.54 Å². The molecule has 2 aliphatic rings. The van der Waals surface area contributed by atoms with Crippen LogP contribution in [0.5, 0.6) is 0 Å². The maximum Gasteiger partial charge on any atom is 0.307 e. The van der Waals surface area contributed by atoms with Gasteiger partial charge in [0, 0.05) is 19.0 Å². The van der Waals surface area contributed by atoms with E-state index >= 15 is 0 Å². The number of carboxylic acid groups (broad SMARTS) is 1. The fourth-order valence-electron chi connectivity index (χ4n) is 3.22. The molecule has 2 unspecified atom stereocenters. The minimum atomic E-state index is -0.879. The molecule has 0 aromatic carbocycles. The molecule has 2 fully saturated rings. The van der Waals surface area contributed by atoms with E-state index in [1.807, 2.05) is 6.92 Å². The molecule has 0 aromatic rings. The maximum atomic E-state index is 12.2. The Bertz CT molecular complexity index is 410. The second kappa shape index (κ2) is 6.24. The molecule has 2 rings (SSSR count). The number of carboxylic acids is 1. The lowest BCUT2D eigenvalue weighted by molar-refractivity contribution is -0.146. The van der Waals surface area contributed by atoms with Gasteiger partial charge in [-0.15, -0.1) is 0 Å². The summed E-state index contributed by atoms with van der Waals surface area (Å²) >= 11 is 0. The number of nitrogens with one attached hydrogen (secondary N) is 2. The molecule has 1 heterocycles. The van der Waals surface area contributed by atoms with Crippen LogP contribution in [-0.4, -0.2) is 35.5 Å². The number of amides is 2. The van der Waals surface area contributed by atoms with Crippen LogP contribution in [0.1, 0.15) is 39.0 Å². The van der Waals surface area contributed by atoms with Crippen molar-refractivity contribution in [2.45, 2.75) is 45.1 Å². The summed E-state index contributed by atoms with van der Waals surface area (Å²) in [5.74, 6) is -1.74. The number of rotatable bonds is 5. The summed E-state index contributed by atoms with van der Waals surface area (Å²) in [6, 6.07) is -0.0156. The second-order valence-corrected chi connectivity index (χ2v) is 5.85. The first-order chi connectivity index (χ1) is 9.51. The smallest absolute Gasteiger partial charge is 0.307 e. The summed E-state index contributed by atoms with van der Waals surface area (Å²) in [7, 11) is 0. The Kier molecular flexibility index (Phi) is 4.62. The molecule has 112 valence electrons. The van der Waals surface area contributed by atoms with Crippen molar-refractivity contribution in [3.63, 3.8) is 0 Å². The second-order valence-electron chi connectivity index (χ2n) is 5.85. The van der Waals surface area contributed by atoms with Crippen LogP contribution in [0.25, 0.3) is 0 Å². The van der Waals surface area contributed by atoms with E-state index in [0.29, 0.717) is 31.7 Å². The lowest BCUT2D eigenvalue weighted by Crippen LogP contribution is -2.42. The number of hydrogen-bond acceptors (Lipinski definition) is 3. The molecular formula is C14H22N2O4. The van der Waals surface area contributed by atoms with Crippen LogP contribution in [0.3, 0.4) is 0 Å². The third-order valence-corrected chi connectivity index (χ3v) is 4.50. The molecule has 3 N–H and O–H groups in total. The van der Waals surface area contributed by atoms with Gasteiger partial charge < -0.3 is 15.7 Å². The van der Waals surface area contributed by atoms with Crippen LogP contribution in [0, 0.1) is 17.8 Å². The minimum Gasteiger partial charge on any atom is -0.481 e. The van der Waals surface area contributed by atoms with E-state index < -0.39 is 17.8 Å². The van der Waals surface area contributed by atoms with Gasteiger partial charge in [0.15, 0.2) is 0 Å². The average Bonchev–Trinajstić information content (AvgIpc) is 3.02. The highest BCUT2D eigenvalue weighted by Crippen LogP contribution is 2.38. The van der Waals surface area contributed by atoms with E-state index in [1.165, 1.54) is 0 Å². The fraction of sp³-hybridized carbons (Fsp3) is 0.786. The van der Waals surface area contributed by atoms with E-state index in [4.69, 9.17) is 0 Å². The summed E-state index contributed by atoms with van der Waals surface area (Å²) in [5, 5.41) is 14.8. The summed E-state index contributed by atoms with van der Waals surface area (Å²) in [6.07, 6.45) is 3.37. The van der Waals surface area contributed by atoms with Gasteiger partial charge in [0.05, 0.1) is 11.8 Å². The Balaban J connectivity index is 1.87. The molecule has 0 bridgehead atoms. The first-order valence-electron chi connectivity index (χ1n) is 7.31. The van der Waals surface area contributed by atoms with Gasteiger partial charge >= 0.3 is 5.97 Å². The van der Waals surface area contributed by atoms with Gasteiger partial charge in [-0.25, -0.2) is 0 Å². The Morgan fingerprint density at radius 3 is 2.60 bits per heavy atom. The maximum absolute atomic E-state index is 12.2. The van der Waals surface area contributed by atoms with Crippen LogP contribution in [0.2, 0.25) is 0 Å². The van der Waals surface area contributed by atoms with E-state index in [-0.39, 0.29) is 17.9 Å². The van der Waals surface area contributed by atoms with Crippen molar-refractivity contribution in [1.29, 1.82) is 0 Å². The molecule has 4 atom stereocenters. The van der Waals surface area contributed by atoms with Crippen LogP contribution in [-0.2, 0) is 14.4 Å². The van der Waals surface area contributed by atoms with E-state index in [2.05, 4.69) is 10.6 Å². The highest BCUT2D eigenvalue weighted by molar-refractivity contribution is 5.85. The van der Waals surface area contributed by atoms with Gasteiger partial charge in [-0.2, -0.15) is 0 Å². The largest absolute Gasteiger partial charge is 0.481 e. The van der Waals surface area contributed by atoms with E-state index in [9.17, 15) is 19.5 Å². The molecule has 1 saturated carbocycles. The van der Waals surface area contributed by atoms with Gasteiger partial charge in [-0.05, 0) is 25.2 Å². The third-order valence-electron chi connectivity index (χ3n) is 4.50. The van der Waals surface area contributed by atoms with Crippen molar-refractivity contribution >= 4 is 17.8 Å². The summed E-state index contributed by atoms with van der Waals surface area (Å²) in [4.78, 5) is 34.5. The first-order valence-corrected chi connectivity index (χ1v) is 7.31. The Hall–Kier alpha value is -1.59. The number of carbonyl (C=O) groups is 3. The molecule has 0 aromatic heterocycles. The predicted molar refractivity (Wildman–Crippen MR) is 71.8 cm³/mol. The van der Waals surface area contributed by atoms with E-state index in [1.54, 1.807) is 0 Å². The van der Waals surface area contributed by atoms with Crippen molar-refractivity contribution in [2.24, 2.45) is 17.8 Å². The average molecular weight is 282 g/mol. The quantitative estimate of drug-likeness (QED) is 0.685. The topological polar surface area (TPSA) is 95.5 Å². The number of aliphatic carboxylic acids is 1. The SMILES string of the molecule is CCC1C[C@H](C(=O)NCC2CCC(=O)N2)[C@H](C(=O)O)C1. The van der Waals surface area contributed by atoms with Crippen LogP contribution < -0.4 is 10.6 Å². The lowest BCUT2D eigenvalue weighted by Gasteiger charge is -2.17. The molecule has 0 radical (unpaired) electrons. The molecule has 1 aliphatic heterocycles. The van der Waals surface area contributed by atoms with Gasteiger partial charge in [-0.1, -0.05) is 13.3 Å². The molecule has 2 amide bonds. The molecule has 1 saturated heterocycles. The lowest BCUT2D eigenvalue weighted by atomic mass is 9.95. The van der Waals surface area contributed by atoms with Gasteiger partial charge in [0.25, 0.3) is 0 Å². The molecule has 1 aliphatic carbocycles. The minimum absolute atomic E-state index is 0.0135. The zero-order valence-corrected chi connectivity index (χ0v) is 11.7. The van der Waals surface area contributed by atoms with Crippen molar-refractivity contribution < 1.29 is 19.5 Å². The molecule has 6 heteroatoms. The normalized spacial score (nSPS) is 33.0. The van der Waals surface area contributed by atoms with Crippen molar-refractivity contribution in [1.82, 2.24) is 10.6 Å². The Morgan fingerprint density at radius 1 is 1.35 bits per heavy atom. The highest BCUT2D eigenvalue weighted by Gasteiger charge is 2.42. The summed E-state index contributed by atoms with van der Waals surface area (Å²) in [6.45, 7) is 2.42. The monoisotopic (exact) mass is 282 g/mol. The number of hydrogen-bond donors (Lipinski definition) is 3.